The number of anilines is 2. The van der Waals surface area contributed by atoms with Crippen molar-refractivity contribution < 1.29 is 9.59 Å². The van der Waals surface area contributed by atoms with E-state index in [1.54, 1.807) is 12.1 Å². The van der Waals surface area contributed by atoms with Gasteiger partial charge >= 0.3 is 0 Å². The largest absolute Gasteiger partial charge is 0.326 e. The van der Waals surface area contributed by atoms with Gasteiger partial charge in [-0.15, -0.1) is 0 Å². The fourth-order valence-electron chi connectivity index (χ4n) is 3.28. The van der Waals surface area contributed by atoms with E-state index in [9.17, 15) is 9.59 Å². The molecule has 3 rings (SSSR count). The van der Waals surface area contributed by atoms with Gasteiger partial charge in [0.15, 0.2) is 0 Å². The summed E-state index contributed by atoms with van der Waals surface area (Å²) in [6, 6.07) is 17.6. The average Bonchev–Trinajstić information content (AvgIpc) is 2.64. The molecule has 0 spiro atoms. The first-order chi connectivity index (χ1) is 12.6. The number of carbonyl (C=O) groups is 2. The standard InChI is InChI=1S/C21H25N3O2/c1-16(25)22-19-7-9-20(10-8-19)23-21(26)18-11-13-24(14-12-18)15-17-5-3-2-4-6-17/h2-10,18H,11-15H2,1H3,(H,22,25)(H,23,26). The topological polar surface area (TPSA) is 61.4 Å². The number of likely N-dealkylation sites (tertiary alicyclic amines) is 1. The highest BCUT2D eigenvalue weighted by Gasteiger charge is 2.25. The molecule has 1 fully saturated rings. The summed E-state index contributed by atoms with van der Waals surface area (Å²) in [7, 11) is 0. The van der Waals surface area contributed by atoms with Gasteiger partial charge in [0, 0.05) is 30.8 Å². The van der Waals surface area contributed by atoms with Crippen molar-refractivity contribution in [1.29, 1.82) is 0 Å². The van der Waals surface area contributed by atoms with Crippen LogP contribution < -0.4 is 10.6 Å². The fourth-order valence-corrected chi connectivity index (χ4v) is 3.28. The van der Waals surface area contributed by atoms with Crippen molar-refractivity contribution in [2.24, 2.45) is 5.92 Å². The Labute approximate surface area is 154 Å². The van der Waals surface area contributed by atoms with Crippen molar-refractivity contribution in [3.8, 4) is 0 Å². The van der Waals surface area contributed by atoms with Crippen LogP contribution in [0.4, 0.5) is 11.4 Å². The molecular formula is C21H25N3O2. The number of nitrogens with one attached hydrogen (secondary N) is 2. The zero-order valence-electron chi connectivity index (χ0n) is 15.1. The normalized spacial score (nSPS) is 15.4. The summed E-state index contributed by atoms with van der Waals surface area (Å²) in [5.74, 6) is 0.0257. The minimum Gasteiger partial charge on any atom is -0.326 e. The average molecular weight is 351 g/mol. The smallest absolute Gasteiger partial charge is 0.227 e. The number of amides is 2. The molecule has 0 atom stereocenters. The Bertz CT molecular complexity index is 736. The summed E-state index contributed by atoms with van der Waals surface area (Å²) in [5, 5.41) is 5.70. The second-order valence-electron chi connectivity index (χ2n) is 6.78. The zero-order valence-corrected chi connectivity index (χ0v) is 15.1. The van der Waals surface area contributed by atoms with Crippen LogP contribution in [0.2, 0.25) is 0 Å². The van der Waals surface area contributed by atoms with Gasteiger partial charge in [-0.05, 0) is 55.8 Å². The third-order valence-corrected chi connectivity index (χ3v) is 4.68. The van der Waals surface area contributed by atoms with Gasteiger partial charge in [0.2, 0.25) is 11.8 Å². The quantitative estimate of drug-likeness (QED) is 0.867. The Kier molecular flexibility index (Phi) is 6.02. The fraction of sp³-hybridized carbons (Fsp3) is 0.333. The van der Waals surface area contributed by atoms with Gasteiger partial charge in [0.05, 0.1) is 0 Å². The molecule has 1 saturated heterocycles. The van der Waals surface area contributed by atoms with Gasteiger partial charge in [-0.2, -0.15) is 0 Å². The minimum absolute atomic E-state index is 0.0528. The van der Waals surface area contributed by atoms with Crippen LogP contribution in [-0.4, -0.2) is 29.8 Å². The third kappa shape index (κ3) is 5.17. The minimum atomic E-state index is -0.107. The first kappa shape index (κ1) is 18.1. The summed E-state index contributed by atoms with van der Waals surface area (Å²) >= 11 is 0. The van der Waals surface area contributed by atoms with Crippen LogP contribution in [0.25, 0.3) is 0 Å². The maximum Gasteiger partial charge on any atom is 0.227 e. The van der Waals surface area contributed by atoms with Crippen molar-refractivity contribution in [3.05, 3.63) is 60.2 Å². The second-order valence-corrected chi connectivity index (χ2v) is 6.78. The van der Waals surface area contributed by atoms with Crippen LogP contribution in [0.5, 0.6) is 0 Å². The number of rotatable bonds is 5. The SMILES string of the molecule is CC(=O)Nc1ccc(NC(=O)C2CCN(Cc3ccccc3)CC2)cc1. The lowest BCUT2D eigenvalue weighted by molar-refractivity contribution is -0.121. The lowest BCUT2D eigenvalue weighted by atomic mass is 9.95. The molecule has 5 nitrogen and oxygen atoms in total. The van der Waals surface area contributed by atoms with E-state index in [0.29, 0.717) is 0 Å². The summed E-state index contributed by atoms with van der Waals surface area (Å²) in [5.41, 5.74) is 2.80. The van der Waals surface area contributed by atoms with E-state index in [2.05, 4.69) is 39.8 Å². The molecule has 2 aromatic carbocycles. The van der Waals surface area contributed by atoms with Gasteiger partial charge in [0.1, 0.15) is 0 Å². The van der Waals surface area contributed by atoms with Crippen molar-refractivity contribution in [1.82, 2.24) is 4.90 Å². The van der Waals surface area contributed by atoms with Crippen molar-refractivity contribution in [2.75, 3.05) is 23.7 Å². The van der Waals surface area contributed by atoms with Crippen LogP contribution in [0.1, 0.15) is 25.3 Å². The van der Waals surface area contributed by atoms with E-state index in [-0.39, 0.29) is 17.7 Å². The Balaban J connectivity index is 1.47. The van der Waals surface area contributed by atoms with Crippen LogP contribution in [0.3, 0.4) is 0 Å². The molecule has 0 aromatic heterocycles. The molecule has 5 heteroatoms. The maximum atomic E-state index is 12.5. The molecule has 2 aromatic rings. The lowest BCUT2D eigenvalue weighted by Crippen LogP contribution is -2.37. The number of hydrogen-bond acceptors (Lipinski definition) is 3. The molecule has 136 valence electrons. The number of piperidine rings is 1. The van der Waals surface area contributed by atoms with Crippen molar-refractivity contribution >= 4 is 23.2 Å². The van der Waals surface area contributed by atoms with Crippen LogP contribution in [0, 0.1) is 5.92 Å². The van der Waals surface area contributed by atoms with Crippen LogP contribution in [0.15, 0.2) is 54.6 Å². The Morgan fingerprint density at radius 3 is 2.08 bits per heavy atom. The Hall–Kier alpha value is -2.66. The first-order valence-corrected chi connectivity index (χ1v) is 9.05. The Morgan fingerprint density at radius 2 is 1.50 bits per heavy atom. The molecule has 26 heavy (non-hydrogen) atoms. The molecule has 1 aliphatic heterocycles. The van der Waals surface area contributed by atoms with Gasteiger partial charge in [-0.3, -0.25) is 14.5 Å². The van der Waals surface area contributed by atoms with Gasteiger partial charge in [0.25, 0.3) is 0 Å². The summed E-state index contributed by atoms with van der Waals surface area (Å²) in [6.07, 6.45) is 1.76. The maximum absolute atomic E-state index is 12.5. The van der Waals surface area contributed by atoms with Gasteiger partial charge in [-0.25, -0.2) is 0 Å². The molecule has 2 amide bonds. The van der Waals surface area contributed by atoms with Crippen LogP contribution in [-0.2, 0) is 16.1 Å². The van der Waals surface area contributed by atoms with E-state index in [1.165, 1.54) is 12.5 Å². The second kappa shape index (κ2) is 8.63. The number of carbonyl (C=O) groups excluding carboxylic acids is 2. The first-order valence-electron chi connectivity index (χ1n) is 9.05. The number of hydrogen-bond donors (Lipinski definition) is 2. The third-order valence-electron chi connectivity index (χ3n) is 4.68. The molecule has 0 unspecified atom stereocenters. The van der Waals surface area contributed by atoms with Crippen LogP contribution >= 0.6 is 0 Å². The lowest BCUT2D eigenvalue weighted by Gasteiger charge is -2.31. The van der Waals surface area contributed by atoms with Crippen molar-refractivity contribution in [3.63, 3.8) is 0 Å². The predicted molar refractivity (Wildman–Crippen MR) is 104 cm³/mol. The molecule has 0 bridgehead atoms. The van der Waals surface area contributed by atoms with E-state index in [4.69, 9.17) is 0 Å². The number of benzene rings is 2. The molecule has 0 radical (unpaired) electrons. The molecule has 1 aliphatic rings. The van der Waals surface area contributed by atoms with Crippen molar-refractivity contribution in [2.45, 2.75) is 26.3 Å². The monoisotopic (exact) mass is 351 g/mol. The van der Waals surface area contributed by atoms with E-state index in [1.807, 2.05) is 18.2 Å². The van der Waals surface area contributed by atoms with Gasteiger partial charge in [-0.1, -0.05) is 30.3 Å². The Morgan fingerprint density at radius 1 is 0.923 bits per heavy atom. The highest BCUT2D eigenvalue weighted by Crippen LogP contribution is 2.21. The van der Waals surface area contributed by atoms with E-state index >= 15 is 0 Å². The predicted octanol–water partition coefficient (Wildman–Crippen LogP) is 3.50. The summed E-state index contributed by atoms with van der Waals surface area (Å²) < 4.78 is 0. The molecule has 0 saturated carbocycles. The molecule has 0 aliphatic carbocycles. The summed E-state index contributed by atoms with van der Waals surface area (Å²) in [6.45, 7) is 4.29. The highest BCUT2D eigenvalue weighted by molar-refractivity contribution is 5.93. The molecule has 2 N–H and O–H groups in total. The zero-order chi connectivity index (χ0) is 18.4. The summed E-state index contributed by atoms with van der Waals surface area (Å²) in [4.78, 5) is 25.9. The molecule has 1 heterocycles. The van der Waals surface area contributed by atoms with E-state index < -0.39 is 0 Å². The molecular weight excluding hydrogens is 326 g/mol. The van der Waals surface area contributed by atoms with Gasteiger partial charge < -0.3 is 10.6 Å². The highest BCUT2D eigenvalue weighted by atomic mass is 16.2. The number of nitrogens with zero attached hydrogens (tertiary/aromatic N) is 1. The van der Waals surface area contributed by atoms with E-state index in [0.717, 1.165) is 43.9 Å².